The summed E-state index contributed by atoms with van der Waals surface area (Å²) >= 11 is 0. The van der Waals surface area contributed by atoms with Crippen molar-refractivity contribution in [1.29, 1.82) is 0 Å². The standard InChI is InChI=1S/C12H18NO3P/c1-9(13)5-6-17(16)8-10-3-2-4-11(7-10)12(14)15/h2-4,7,9,16H,5-6,8,13H2,1H3,(H,14,15). The molecule has 0 fully saturated rings. The molecule has 2 unspecified atom stereocenters. The minimum Gasteiger partial charge on any atom is -0.478 e. The molecular weight excluding hydrogens is 237 g/mol. The Hall–Kier alpha value is -0.960. The summed E-state index contributed by atoms with van der Waals surface area (Å²) in [6, 6.07) is 6.79. The van der Waals surface area contributed by atoms with E-state index in [1.54, 1.807) is 18.2 Å². The molecule has 0 saturated carbocycles. The highest BCUT2D eigenvalue weighted by Crippen LogP contribution is 2.35. The second-order valence-electron chi connectivity index (χ2n) is 4.16. The number of nitrogens with two attached hydrogens (primary N) is 1. The summed E-state index contributed by atoms with van der Waals surface area (Å²) in [5.74, 6) is -0.940. The van der Waals surface area contributed by atoms with Crippen molar-refractivity contribution in [3.63, 3.8) is 0 Å². The number of rotatable bonds is 6. The lowest BCUT2D eigenvalue weighted by Gasteiger charge is -2.12. The van der Waals surface area contributed by atoms with Gasteiger partial charge in [0.2, 0.25) is 0 Å². The van der Waals surface area contributed by atoms with Crippen molar-refractivity contribution in [3.05, 3.63) is 35.4 Å². The third-order valence-electron chi connectivity index (χ3n) is 2.38. The zero-order chi connectivity index (χ0) is 12.8. The third kappa shape index (κ3) is 5.26. The molecule has 94 valence electrons. The van der Waals surface area contributed by atoms with Gasteiger partial charge in [-0.2, -0.15) is 0 Å². The summed E-state index contributed by atoms with van der Waals surface area (Å²) in [5.41, 5.74) is 6.75. The van der Waals surface area contributed by atoms with Crippen LogP contribution in [0.1, 0.15) is 29.3 Å². The van der Waals surface area contributed by atoms with Gasteiger partial charge in [-0.3, -0.25) is 0 Å². The molecule has 1 aromatic rings. The van der Waals surface area contributed by atoms with Crippen LogP contribution in [0.5, 0.6) is 0 Å². The average Bonchev–Trinajstić information content (AvgIpc) is 2.26. The number of carboxylic acids is 1. The Balaban J connectivity index is 2.56. The molecule has 0 aliphatic rings. The molecule has 17 heavy (non-hydrogen) atoms. The number of hydrogen-bond donors (Lipinski definition) is 3. The van der Waals surface area contributed by atoms with Gasteiger partial charge in [0.1, 0.15) is 0 Å². The van der Waals surface area contributed by atoms with Crippen LogP contribution in [0.2, 0.25) is 0 Å². The molecule has 0 amide bonds. The van der Waals surface area contributed by atoms with Crippen molar-refractivity contribution >= 4 is 14.1 Å². The van der Waals surface area contributed by atoms with Crippen molar-refractivity contribution in [2.24, 2.45) is 5.73 Å². The van der Waals surface area contributed by atoms with Crippen LogP contribution in [0.4, 0.5) is 0 Å². The molecular formula is C12H18NO3P. The second-order valence-corrected chi connectivity index (χ2v) is 5.94. The Bertz CT molecular complexity index is 382. The molecule has 0 aromatic heterocycles. The van der Waals surface area contributed by atoms with Gasteiger partial charge >= 0.3 is 5.97 Å². The average molecular weight is 255 g/mol. The summed E-state index contributed by atoms with van der Waals surface area (Å²) in [7, 11) is -1.09. The van der Waals surface area contributed by atoms with Crippen molar-refractivity contribution < 1.29 is 14.8 Å². The molecule has 5 heteroatoms. The highest BCUT2D eigenvalue weighted by atomic mass is 31.1. The first kappa shape index (κ1) is 14.1. The predicted molar refractivity (Wildman–Crippen MR) is 69.4 cm³/mol. The molecule has 0 heterocycles. The Morgan fingerprint density at radius 3 is 2.82 bits per heavy atom. The third-order valence-corrected chi connectivity index (χ3v) is 3.89. The molecule has 4 N–H and O–H groups in total. The van der Waals surface area contributed by atoms with E-state index in [0.29, 0.717) is 12.3 Å². The topological polar surface area (TPSA) is 83.5 Å². The first-order valence-corrected chi connectivity index (χ1v) is 7.17. The summed E-state index contributed by atoms with van der Waals surface area (Å²) in [6.07, 6.45) is 2.02. The fourth-order valence-corrected chi connectivity index (χ4v) is 2.93. The van der Waals surface area contributed by atoms with Crippen molar-refractivity contribution in [1.82, 2.24) is 0 Å². The number of benzene rings is 1. The van der Waals surface area contributed by atoms with E-state index in [0.717, 1.165) is 12.0 Å². The molecule has 0 saturated heterocycles. The maximum atomic E-state index is 10.8. The molecule has 1 aromatic carbocycles. The van der Waals surface area contributed by atoms with Gasteiger partial charge < -0.3 is 15.7 Å². The highest BCUT2D eigenvalue weighted by Gasteiger charge is 2.09. The van der Waals surface area contributed by atoms with Crippen molar-refractivity contribution in [3.8, 4) is 0 Å². The predicted octanol–water partition coefficient (Wildman–Crippen LogP) is 2.01. The lowest BCUT2D eigenvalue weighted by Crippen LogP contribution is -2.15. The Labute approximate surface area is 102 Å². The van der Waals surface area contributed by atoms with Gasteiger partial charge in [-0.1, -0.05) is 12.1 Å². The van der Waals surface area contributed by atoms with E-state index in [2.05, 4.69) is 0 Å². The maximum absolute atomic E-state index is 10.8. The fraction of sp³-hybridized carbons (Fsp3) is 0.417. The quantitative estimate of drug-likeness (QED) is 0.679. The van der Waals surface area contributed by atoms with Gasteiger partial charge in [0.05, 0.1) is 5.56 Å². The summed E-state index contributed by atoms with van der Waals surface area (Å²) in [5, 5.41) is 8.85. The van der Waals surface area contributed by atoms with Gasteiger partial charge in [-0.25, -0.2) is 4.79 Å². The van der Waals surface area contributed by atoms with Crippen LogP contribution >= 0.6 is 8.15 Å². The molecule has 0 bridgehead atoms. The van der Waals surface area contributed by atoms with E-state index in [4.69, 9.17) is 10.8 Å². The highest BCUT2D eigenvalue weighted by molar-refractivity contribution is 7.50. The normalized spacial score (nSPS) is 14.3. The Morgan fingerprint density at radius 1 is 1.53 bits per heavy atom. The Morgan fingerprint density at radius 2 is 2.24 bits per heavy atom. The lowest BCUT2D eigenvalue weighted by molar-refractivity contribution is 0.0696. The van der Waals surface area contributed by atoms with Crippen molar-refractivity contribution in [2.45, 2.75) is 25.5 Å². The zero-order valence-electron chi connectivity index (χ0n) is 9.84. The minimum absolute atomic E-state index is 0.0949. The Kier molecular flexibility index (Phi) is 5.56. The van der Waals surface area contributed by atoms with Crippen LogP contribution in [0.15, 0.2) is 24.3 Å². The molecule has 0 spiro atoms. The van der Waals surface area contributed by atoms with Gasteiger partial charge in [0.25, 0.3) is 0 Å². The molecule has 2 atom stereocenters. The van der Waals surface area contributed by atoms with Crippen LogP contribution in [-0.4, -0.2) is 28.2 Å². The summed E-state index contributed by atoms with van der Waals surface area (Å²) in [4.78, 5) is 20.6. The van der Waals surface area contributed by atoms with Crippen LogP contribution in [0.25, 0.3) is 0 Å². The van der Waals surface area contributed by atoms with Gasteiger partial charge in [0.15, 0.2) is 0 Å². The van der Waals surface area contributed by atoms with Crippen LogP contribution < -0.4 is 5.73 Å². The number of carboxylic acid groups (broad SMARTS) is 1. The van der Waals surface area contributed by atoms with Gasteiger partial charge in [-0.15, -0.1) is 0 Å². The largest absolute Gasteiger partial charge is 0.478 e. The molecule has 0 aliphatic carbocycles. The smallest absolute Gasteiger partial charge is 0.335 e. The first-order chi connectivity index (χ1) is 7.99. The van der Waals surface area contributed by atoms with Crippen molar-refractivity contribution in [2.75, 3.05) is 6.16 Å². The fourth-order valence-electron chi connectivity index (χ4n) is 1.45. The summed E-state index contributed by atoms with van der Waals surface area (Å²) in [6.45, 7) is 1.91. The van der Waals surface area contributed by atoms with Gasteiger partial charge in [0, 0.05) is 20.4 Å². The van der Waals surface area contributed by atoms with Crippen LogP contribution in [0.3, 0.4) is 0 Å². The monoisotopic (exact) mass is 255 g/mol. The number of aromatic carboxylic acids is 1. The molecule has 0 radical (unpaired) electrons. The van der Waals surface area contributed by atoms with E-state index in [-0.39, 0.29) is 11.6 Å². The van der Waals surface area contributed by atoms with Gasteiger partial charge in [-0.05, 0) is 37.2 Å². The number of carbonyl (C=O) groups is 1. The van der Waals surface area contributed by atoms with E-state index in [1.807, 2.05) is 13.0 Å². The molecule has 1 rings (SSSR count). The molecule has 0 aliphatic heterocycles. The molecule has 4 nitrogen and oxygen atoms in total. The number of hydrogen-bond acceptors (Lipinski definition) is 3. The zero-order valence-corrected chi connectivity index (χ0v) is 10.7. The summed E-state index contributed by atoms with van der Waals surface area (Å²) < 4.78 is 0. The van der Waals surface area contributed by atoms with E-state index in [1.165, 1.54) is 0 Å². The van der Waals surface area contributed by atoms with E-state index in [9.17, 15) is 9.69 Å². The second kappa shape index (κ2) is 6.70. The first-order valence-electron chi connectivity index (χ1n) is 5.50. The van der Waals surface area contributed by atoms with E-state index < -0.39 is 14.1 Å². The van der Waals surface area contributed by atoms with Crippen LogP contribution in [0, 0.1) is 0 Å². The maximum Gasteiger partial charge on any atom is 0.335 e. The minimum atomic E-state index is -1.09. The SMILES string of the molecule is CC(N)CCP(O)Cc1cccc(C(=O)O)c1. The van der Waals surface area contributed by atoms with E-state index >= 15 is 0 Å². The lowest BCUT2D eigenvalue weighted by atomic mass is 10.1. The van der Waals surface area contributed by atoms with Crippen LogP contribution in [-0.2, 0) is 6.16 Å².